The highest BCUT2D eigenvalue weighted by atomic mass is 19.4. The third-order valence-electron chi connectivity index (χ3n) is 4.91. The number of hydrogen-bond acceptors (Lipinski definition) is 3. The number of carbonyl (C=O) groups excluding carboxylic acids is 2. The Morgan fingerprint density at radius 3 is 2.62 bits per heavy atom. The van der Waals surface area contributed by atoms with Gasteiger partial charge in [0.25, 0.3) is 0 Å². The summed E-state index contributed by atoms with van der Waals surface area (Å²) in [5.41, 5.74) is -0.227. The van der Waals surface area contributed by atoms with E-state index in [2.05, 4.69) is 5.32 Å². The molecule has 1 aromatic rings. The fourth-order valence-electron chi connectivity index (χ4n) is 3.51. The molecule has 0 aliphatic carbocycles. The Morgan fingerprint density at radius 1 is 1.19 bits per heavy atom. The molecule has 2 saturated heterocycles. The van der Waals surface area contributed by atoms with Crippen molar-refractivity contribution < 1.29 is 22.8 Å². The van der Waals surface area contributed by atoms with E-state index in [1.165, 1.54) is 6.07 Å². The quantitative estimate of drug-likeness (QED) is 0.884. The van der Waals surface area contributed by atoms with E-state index in [0.29, 0.717) is 31.7 Å². The predicted molar refractivity (Wildman–Crippen MR) is 89.1 cm³/mol. The summed E-state index contributed by atoms with van der Waals surface area (Å²) >= 11 is 0. The van der Waals surface area contributed by atoms with E-state index in [0.717, 1.165) is 25.0 Å². The molecule has 2 aliphatic heterocycles. The molecule has 3 rings (SSSR count). The number of piperazine rings is 1. The van der Waals surface area contributed by atoms with Crippen LogP contribution in [0, 0.1) is 0 Å². The molecule has 1 N–H and O–H groups in total. The van der Waals surface area contributed by atoms with Crippen molar-refractivity contribution in [3.8, 4) is 0 Å². The molecule has 2 fully saturated rings. The summed E-state index contributed by atoms with van der Waals surface area (Å²) in [5.74, 6) is -0.311. The van der Waals surface area contributed by atoms with Crippen molar-refractivity contribution in [2.45, 2.75) is 38.0 Å². The van der Waals surface area contributed by atoms with Gasteiger partial charge in [-0.05, 0) is 24.5 Å². The lowest BCUT2D eigenvalue weighted by Gasteiger charge is -2.35. The summed E-state index contributed by atoms with van der Waals surface area (Å²) in [7, 11) is 0. The van der Waals surface area contributed by atoms with Gasteiger partial charge in [0.2, 0.25) is 11.8 Å². The number of nitrogens with one attached hydrogen (secondary N) is 1. The van der Waals surface area contributed by atoms with Crippen molar-refractivity contribution >= 4 is 11.8 Å². The number of halogens is 3. The van der Waals surface area contributed by atoms with E-state index >= 15 is 0 Å². The van der Waals surface area contributed by atoms with Gasteiger partial charge >= 0.3 is 6.18 Å². The van der Waals surface area contributed by atoms with Crippen molar-refractivity contribution in [3.63, 3.8) is 0 Å². The van der Waals surface area contributed by atoms with E-state index in [1.54, 1.807) is 15.9 Å². The van der Waals surface area contributed by atoms with Gasteiger partial charge in [0.05, 0.1) is 18.0 Å². The Balaban J connectivity index is 1.72. The normalized spacial score (nSPS) is 21.7. The molecule has 26 heavy (non-hydrogen) atoms. The first-order chi connectivity index (χ1) is 12.3. The highest BCUT2D eigenvalue weighted by Crippen LogP contribution is 2.30. The predicted octanol–water partition coefficient (Wildman–Crippen LogP) is 2.02. The second kappa shape index (κ2) is 7.65. The summed E-state index contributed by atoms with van der Waals surface area (Å²) in [6.45, 7) is 2.54. The van der Waals surface area contributed by atoms with E-state index in [4.69, 9.17) is 0 Å². The maximum Gasteiger partial charge on any atom is 0.416 e. The highest BCUT2D eigenvalue weighted by molar-refractivity contribution is 5.88. The van der Waals surface area contributed by atoms with Crippen molar-refractivity contribution in [1.82, 2.24) is 15.1 Å². The Labute approximate surface area is 150 Å². The minimum absolute atomic E-state index is 0.0603. The number of carbonyl (C=O) groups is 2. The molecular formula is C18H22F3N3O2. The molecule has 0 bridgehead atoms. The first kappa shape index (κ1) is 18.7. The molecule has 142 valence electrons. The SMILES string of the molecule is O=C1NCCN(Cc2cccc(C(F)(F)F)c2)C1CC(=O)N1CCCC1. The zero-order chi connectivity index (χ0) is 18.7. The van der Waals surface area contributed by atoms with E-state index < -0.39 is 17.8 Å². The van der Waals surface area contributed by atoms with Crippen LogP contribution < -0.4 is 5.32 Å². The monoisotopic (exact) mass is 369 g/mol. The number of benzene rings is 1. The molecule has 2 heterocycles. The molecule has 0 spiro atoms. The molecule has 2 amide bonds. The van der Waals surface area contributed by atoms with E-state index in [9.17, 15) is 22.8 Å². The molecule has 5 nitrogen and oxygen atoms in total. The fourth-order valence-corrected chi connectivity index (χ4v) is 3.51. The summed E-state index contributed by atoms with van der Waals surface area (Å²) < 4.78 is 38.7. The lowest BCUT2D eigenvalue weighted by molar-refractivity contribution is -0.138. The zero-order valence-electron chi connectivity index (χ0n) is 14.4. The smallest absolute Gasteiger partial charge is 0.353 e. The molecule has 0 saturated carbocycles. The number of rotatable bonds is 4. The van der Waals surface area contributed by atoms with Gasteiger partial charge in [-0.1, -0.05) is 18.2 Å². The van der Waals surface area contributed by atoms with Gasteiger partial charge in [0.15, 0.2) is 0 Å². The molecule has 1 aromatic carbocycles. The van der Waals surface area contributed by atoms with Crippen LogP contribution in [0.1, 0.15) is 30.4 Å². The first-order valence-electron chi connectivity index (χ1n) is 8.80. The summed E-state index contributed by atoms with van der Waals surface area (Å²) in [6, 6.07) is 4.46. The lowest BCUT2D eigenvalue weighted by atomic mass is 10.0. The molecular weight excluding hydrogens is 347 g/mol. The number of amides is 2. The minimum atomic E-state index is -4.40. The number of likely N-dealkylation sites (tertiary alicyclic amines) is 1. The molecule has 0 radical (unpaired) electrons. The average Bonchev–Trinajstić information content (AvgIpc) is 3.12. The van der Waals surface area contributed by atoms with Crippen LogP contribution in [0.2, 0.25) is 0 Å². The summed E-state index contributed by atoms with van der Waals surface area (Å²) in [4.78, 5) is 28.2. The van der Waals surface area contributed by atoms with Gasteiger partial charge in [-0.15, -0.1) is 0 Å². The van der Waals surface area contributed by atoms with Gasteiger partial charge in [0.1, 0.15) is 0 Å². The topological polar surface area (TPSA) is 52.7 Å². The summed E-state index contributed by atoms with van der Waals surface area (Å²) in [5, 5.41) is 2.75. The van der Waals surface area contributed by atoms with Gasteiger partial charge < -0.3 is 10.2 Å². The van der Waals surface area contributed by atoms with Gasteiger partial charge in [0, 0.05) is 32.7 Å². The van der Waals surface area contributed by atoms with Crippen LogP contribution >= 0.6 is 0 Å². The standard InChI is InChI=1S/C18H22F3N3O2/c19-18(20,21)14-5-3-4-13(10-14)12-24-9-6-22-17(26)15(24)11-16(25)23-7-1-2-8-23/h3-5,10,15H,1-2,6-9,11-12H2,(H,22,26). The number of hydrogen-bond donors (Lipinski definition) is 1. The number of alkyl halides is 3. The molecule has 2 aliphatic rings. The molecule has 1 atom stereocenters. The second-order valence-corrected chi connectivity index (χ2v) is 6.77. The van der Waals surface area contributed by atoms with Crippen molar-refractivity contribution in [2.75, 3.05) is 26.2 Å². The molecule has 1 unspecified atom stereocenters. The third kappa shape index (κ3) is 4.35. The largest absolute Gasteiger partial charge is 0.416 e. The molecule has 8 heteroatoms. The van der Waals surface area contributed by atoms with Crippen LogP contribution in [-0.4, -0.2) is 53.8 Å². The summed E-state index contributed by atoms with van der Waals surface area (Å²) in [6.07, 6.45) is -2.40. The third-order valence-corrected chi connectivity index (χ3v) is 4.91. The lowest BCUT2D eigenvalue weighted by Crippen LogP contribution is -2.56. The van der Waals surface area contributed by atoms with Gasteiger partial charge in [-0.2, -0.15) is 13.2 Å². The Bertz CT molecular complexity index is 672. The van der Waals surface area contributed by atoms with E-state index in [1.807, 2.05) is 0 Å². The van der Waals surface area contributed by atoms with Crippen LogP contribution in [0.4, 0.5) is 13.2 Å². The zero-order valence-corrected chi connectivity index (χ0v) is 14.4. The van der Waals surface area contributed by atoms with Crippen molar-refractivity contribution in [1.29, 1.82) is 0 Å². The fraction of sp³-hybridized carbons (Fsp3) is 0.556. The van der Waals surface area contributed by atoms with Crippen LogP contribution in [0.5, 0.6) is 0 Å². The Morgan fingerprint density at radius 2 is 1.92 bits per heavy atom. The maximum atomic E-state index is 12.9. The number of nitrogens with zero attached hydrogens (tertiary/aromatic N) is 2. The Kier molecular flexibility index (Phi) is 5.50. The van der Waals surface area contributed by atoms with Gasteiger partial charge in [-0.25, -0.2) is 0 Å². The Hall–Kier alpha value is -2.09. The van der Waals surface area contributed by atoms with Crippen LogP contribution in [0.15, 0.2) is 24.3 Å². The highest BCUT2D eigenvalue weighted by Gasteiger charge is 2.34. The average molecular weight is 369 g/mol. The van der Waals surface area contributed by atoms with Crippen molar-refractivity contribution in [2.24, 2.45) is 0 Å². The van der Waals surface area contributed by atoms with Crippen LogP contribution in [-0.2, 0) is 22.3 Å². The van der Waals surface area contributed by atoms with Crippen LogP contribution in [0.3, 0.4) is 0 Å². The van der Waals surface area contributed by atoms with E-state index in [-0.39, 0.29) is 24.8 Å². The molecule has 0 aromatic heterocycles. The van der Waals surface area contributed by atoms with Gasteiger partial charge in [-0.3, -0.25) is 14.5 Å². The van der Waals surface area contributed by atoms with Crippen molar-refractivity contribution in [3.05, 3.63) is 35.4 Å². The second-order valence-electron chi connectivity index (χ2n) is 6.77. The van der Waals surface area contributed by atoms with Crippen LogP contribution in [0.25, 0.3) is 0 Å². The maximum absolute atomic E-state index is 12.9. The first-order valence-corrected chi connectivity index (χ1v) is 8.80. The minimum Gasteiger partial charge on any atom is -0.353 e.